The SMILES string of the molecule is CCOC(=O)Nc1ccc(Nc2cccc(Cl)c2Cl)[nH+]c1N.[Cl-]. The molecule has 0 unspecified atom stereocenters. The second-order valence-corrected chi connectivity index (χ2v) is 5.06. The number of aromatic amines is 1. The molecule has 0 aliphatic carbocycles. The van der Waals surface area contributed by atoms with E-state index in [0.29, 0.717) is 27.2 Å². The highest BCUT2D eigenvalue weighted by Gasteiger charge is 2.12. The van der Waals surface area contributed by atoms with Crippen molar-refractivity contribution in [3.8, 4) is 0 Å². The molecule has 1 amide bonds. The number of anilines is 4. The lowest BCUT2D eigenvalue weighted by molar-refractivity contribution is -0.342. The molecule has 6 nitrogen and oxygen atoms in total. The molecule has 1 aromatic carbocycles. The molecule has 0 spiro atoms. The normalized spacial score (nSPS) is 9.70. The molecule has 0 saturated carbocycles. The van der Waals surface area contributed by atoms with Crippen LogP contribution in [0.15, 0.2) is 30.3 Å². The van der Waals surface area contributed by atoms with Crippen molar-refractivity contribution in [1.29, 1.82) is 0 Å². The largest absolute Gasteiger partial charge is 1.00 e. The zero-order valence-electron chi connectivity index (χ0n) is 12.1. The summed E-state index contributed by atoms with van der Waals surface area (Å²) in [6.45, 7) is 2.00. The fourth-order valence-electron chi connectivity index (χ4n) is 1.72. The van der Waals surface area contributed by atoms with Gasteiger partial charge in [0.1, 0.15) is 11.4 Å². The summed E-state index contributed by atoms with van der Waals surface area (Å²) in [6.07, 6.45) is -0.568. The van der Waals surface area contributed by atoms with E-state index in [1.807, 2.05) is 0 Å². The summed E-state index contributed by atoms with van der Waals surface area (Å²) in [5.41, 5.74) is 6.92. The second kappa shape index (κ2) is 8.67. The molecule has 0 aliphatic heterocycles. The van der Waals surface area contributed by atoms with Crippen molar-refractivity contribution in [3.05, 3.63) is 40.4 Å². The number of carbonyl (C=O) groups is 1. The Morgan fingerprint density at radius 3 is 2.65 bits per heavy atom. The maximum atomic E-state index is 11.4. The standard InChI is InChI=1S/C14H14Cl2N4O2.ClH/c1-2-22-14(21)19-10-6-7-11(20-13(10)17)18-9-5-3-4-8(15)12(9)16;/h3-7H,2H2,1H3,(H,19,21)(H3,17,18,20);1H. The van der Waals surface area contributed by atoms with Gasteiger partial charge in [-0.2, -0.15) is 0 Å². The lowest BCUT2D eigenvalue weighted by atomic mass is 10.3. The van der Waals surface area contributed by atoms with Crippen molar-refractivity contribution in [1.82, 2.24) is 0 Å². The fourth-order valence-corrected chi connectivity index (χ4v) is 2.06. The van der Waals surface area contributed by atoms with Crippen molar-refractivity contribution in [2.24, 2.45) is 0 Å². The Hall–Kier alpha value is -1.89. The van der Waals surface area contributed by atoms with Gasteiger partial charge in [-0.05, 0) is 25.1 Å². The van der Waals surface area contributed by atoms with Gasteiger partial charge in [-0.1, -0.05) is 29.3 Å². The summed E-state index contributed by atoms with van der Waals surface area (Å²) in [5.74, 6) is 0.868. The van der Waals surface area contributed by atoms with Gasteiger partial charge in [0.25, 0.3) is 0 Å². The van der Waals surface area contributed by atoms with Gasteiger partial charge in [-0.3, -0.25) is 10.6 Å². The van der Waals surface area contributed by atoms with Crippen molar-refractivity contribution in [2.75, 3.05) is 23.0 Å². The van der Waals surface area contributed by atoms with Crippen LogP contribution in [0.3, 0.4) is 0 Å². The number of ether oxygens (including phenoxy) is 1. The Morgan fingerprint density at radius 1 is 1.26 bits per heavy atom. The summed E-state index contributed by atoms with van der Waals surface area (Å²) >= 11 is 12.1. The maximum Gasteiger partial charge on any atom is 0.411 e. The van der Waals surface area contributed by atoms with Gasteiger partial charge in [0.15, 0.2) is 0 Å². The van der Waals surface area contributed by atoms with E-state index in [0.717, 1.165) is 0 Å². The smallest absolute Gasteiger partial charge is 0.411 e. The van der Waals surface area contributed by atoms with E-state index in [9.17, 15) is 4.79 Å². The molecule has 2 aromatic rings. The number of nitrogens with two attached hydrogens (primary N) is 1. The average Bonchev–Trinajstić information content (AvgIpc) is 2.47. The predicted molar refractivity (Wildman–Crippen MR) is 87.8 cm³/mol. The van der Waals surface area contributed by atoms with Crippen LogP contribution < -0.4 is 33.8 Å². The molecule has 1 heterocycles. The first-order chi connectivity index (χ1) is 10.5. The first-order valence-electron chi connectivity index (χ1n) is 6.48. The number of amides is 1. The Balaban J connectivity index is 0.00000264. The maximum absolute atomic E-state index is 11.4. The van der Waals surface area contributed by atoms with Crippen LogP contribution in [0.4, 0.5) is 27.8 Å². The zero-order valence-corrected chi connectivity index (χ0v) is 14.4. The van der Waals surface area contributed by atoms with Crippen molar-refractivity contribution < 1.29 is 26.9 Å². The first kappa shape index (κ1) is 19.2. The quantitative estimate of drug-likeness (QED) is 0.732. The number of benzene rings is 1. The molecule has 0 atom stereocenters. The molecule has 0 fully saturated rings. The Kier molecular flexibility index (Phi) is 7.22. The lowest BCUT2D eigenvalue weighted by Gasteiger charge is -2.08. The van der Waals surface area contributed by atoms with E-state index in [4.69, 9.17) is 33.7 Å². The summed E-state index contributed by atoms with van der Waals surface area (Å²) < 4.78 is 4.79. The van der Waals surface area contributed by atoms with Gasteiger partial charge >= 0.3 is 6.09 Å². The first-order valence-corrected chi connectivity index (χ1v) is 7.23. The van der Waals surface area contributed by atoms with Crippen LogP contribution in [0, 0.1) is 0 Å². The number of nitrogens with one attached hydrogen (secondary N) is 3. The highest BCUT2D eigenvalue weighted by Crippen LogP contribution is 2.31. The number of H-pyrrole nitrogens is 1. The Labute approximate surface area is 149 Å². The topological polar surface area (TPSA) is 90.5 Å². The van der Waals surface area contributed by atoms with Crippen LogP contribution in [0.1, 0.15) is 6.92 Å². The van der Waals surface area contributed by atoms with Gasteiger partial charge < -0.3 is 22.9 Å². The van der Waals surface area contributed by atoms with Gasteiger partial charge in [-0.25, -0.2) is 9.78 Å². The molecule has 0 radical (unpaired) electrons. The summed E-state index contributed by atoms with van der Waals surface area (Å²) in [7, 11) is 0. The highest BCUT2D eigenvalue weighted by molar-refractivity contribution is 6.43. The number of hydrogen-bond acceptors (Lipinski definition) is 4. The van der Waals surface area contributed by atoms with Crippen molar-refractivity contribution in [3.63, 3.8) is 0 Å². The molecular weight excluding hydrogens is 363 g/mol. The van der Waals surface area contributed by atoms with E-state index in [1.165, 1.54) is 0 Å². The highest BCUT2D eigenvalue weighted by atomic mass is 35.5. The number of rotatable bonds is 4. The number of carbonyl (C=O) groups excluding carboxylic acids is 1. The minimum absolute atomic E-state index is 0. The molecular formula is C14H15Cl3N4O2. The van der Waals surface area contributed by atoms with E-state index in [-0.39, 0.29) is 24.8 Å². The van der Waals surface area contributed by atoms with Crippen LogP contribution in [0.2, 0.25) is 10.0 Å². The van der Waals surface area contributed by atoms with Crippen molar-refractivity contribution >= 4 is 52.3 Å². The third-order valence-electron chi connectivity index (χ3n) is 2.71. The number of hydrogen-bond donors (Lipinski definition) is 3. The van der Waals surface area contributed by atoms with Gasteiger partial charge in [0, 0.05) is 6.07 Å². The lowest BCUT2D eigenvalue weighted by Crippen LogP contribution is -3.00. The average molecular weight is 378 g/mol. The summed E-state index contributed by atoms with van der Waals surface area (Å²) in [4.78, 5) is 14.3. The molecule has 9 heteroatoms. The van der Waals surface area contributed by atoms with Gasteiger partial charge in [0.05, 0.1) is 16.7 Å². The molecule has 1 aromatic heterocycles. The minimum Gasteiger partial charge on any atom is -1.00 e. The number of halogens is 3. The minimum atomic E-state index is -0.568. The molecule has 0 saturated heterocycles. The number of nitrogen functional groups attached to an aromatic ring is 1. The van der Waals surface area contributed by atoms with Crippen molar-refractivity contribution in [2.45, 2.75) is 6.92 Å². The fraction of sp³-hybridized carbons (Fsp3) is 0.143. The van der Waals surface area contributed by atoms with Crippen LogP contribution in [0.5, 0.6) is 0 Å². The van der Waals surface area contributed by atoms with Crippen LogP contribution in [-0.2, 0) is 4.74 Å². The number of aromatic nitrogens is 1. The molecule has 124 valence electrons. The van der Waals surface area contributed by atoms with E-state index >= 15 is 0 Å². The second-order valence-electron chi connectivity index (χ2n) is 4.27. The van der Waals surface area contributed by atoms with Gasteiger partial charge in [0.2, 0.25) is 11.6 Å². The molecule has 5 N–H and O–H groups in total. The van der Waals surface area contributed by atoms with Crippen LogP contribution in [-0.4, -0.2) is 12.7 Å². The van der Waals surface area contributed by atoms with Crippen LogP contribution >= 0.6 is 23.2 Å². The summed E-state index contributed by atoms with van der Waals surface area (Å²) in [6, 6.07) is 8.60. The van der Waals surface area contributed by atoms with E-state index < -0.39 is 6.09 Å². The molecule has 0 aliphatic rings. The number of pyridine rings is 1. The molecule has 23 heavy (non-hydrogen) atoms. The third-order valence-corrected chi connectivity index (χ3v) is 3.53. The monoisotopic (exact) mass is 376 g/mol. The predicted octanol–water partition coefficient (Wildman–Crippen LogP) is 0.706. The zero-order chi connectivity index (χ0) is 16.1. The third kappa shape index (κ3) is 5.06. The Morgan fingerprint density at radius 2 is 2.00 bits per heavy atom. The van der Waals surface area contributed by atoms with Crippen LogP contribution in [0.25, 0.3) is 0 Å². The van der Waals surface area contributed by atoms with Gasteiger partial charge in [-0.15, -0.1) is 0 Å². The summed E-state index contributed by atoms with van der Waals surface area (Å²) in [5, 5.41) is 6.45. The molecule has 0 bridgehead atoms. The van der Waals surface area contributed by atoms with E-state index in [2.05, 4.69) is 15.6 Å². The molecule has 2 rings (SSSR count). The van der Waals surface area contributed by atoms with E-state index in [1.54, 1.807) is 37.3 Å². The Bertz CT molecular complexity index is 698.